The molecule has 2 heterocycles. The Balaban J connectivity index is 1.55. The highest BCUT2D eigenvalue weighted by Gasteiger charge is 2.23. The molecule has 0 saturated carbocycles. The minimum absolute atomic E-state index is 0.0658. The maximum atomic E-state index is 12.0. The molecular weight excluding hydrogens is 420 g/mol. The Kier molecular flexibility index (Phi) is 5.09. The van der Waals surface area contributed by atoms with Crippen molar-refractivity contribution in [2.75, 3.05) is 6.61 Å². The molecule has 1 aliphatic rings. The van der Waals surface area contributed by atoms with E-state index in [2.05, 4.69) is 27.0 Å². The summed E-state index contributed by atoms with van der Waals surface area (Å²) in [5, 5.41) is 8.90. The summed E-state index contributed by atoms with van der Waals surface area (Å²) in [6.45, 7) is 0.367. The van der Waals surface area contributed by atoms with Crippen molar-refractivity contribution >= 4 is 21.7 Å². The lowest BCUT2D eigenvalue weighted by Crippen LogP contribution is -2.15. The molecule has 0 aliphatic carbocycles. The lowest BCUT2D eigenvalue weighted by molar-refractivity contribution is 0.0932. The third-order valence-electron chi connectivity index (χ3n) is 4.44. The van der Waals surface area contributed by atoms with Crippen LogP contribution in [0.3, 0.4) is 0 Å². The number of nitriles is 1. The third-order valence-corrected chi connectivity index (χ3v) is 5.19. The molecule has 0 fully saturated rings. The molecule has 1 aliphatic heterocycles. The van der Waals surface area contributed by atoms with Crippen LogP contribution in [0.2, 0.25) is 0 Å². The van der Waals surface area contributed by atoms with E-state index >= 15 is 0 Å². The standard InChI is InChI=1S/C22H15BrN2O3/c23-21-19(6-5-17-18(26)8-10-27-22(17)21)28-20-12-16(7-9-25-20)11-14-1-3-15(13-24)4-2-14/h1-7,9,12H,8,10-11H2. The first-order chi connectivity index (χ1) is 13.6. The minimum Gasteiger partial charge on any atom is -0.491 e. The zero-order valence-corrected chi connectivity index (χ0v) is 16.4. The van der Waals surface area contributed by atoms with E-state index in [-0.39, 0.29) is 5.78 Å². The van der Waals surface area contributed by atoms with E-state index in [0.717, 1.165) is 11.1 Å². The molecule has 6 heteroatoms. The number of ketones is 1. The van der Waals surface area contributed by atoms with Crippen molar-refractivity contribution in [1.82, 2.24) is 4.98 Å². The molecule has 0 spiro atoms. The maximum absolute atomic E-state index is 12.0. The molecule has 0 unspecified atom stereocenters. The molecule has 3 aromatic rings. The highest BCUT2D eigenvalue weighted by Crippen LogP contribution is 2.41. The van der Waals surface area contributed by atoms with Gasteiger partial charge in [-0.2, -0.15) is 5.26 Å². The van der Waals surface area contributed by atoms with Gasteiger partial charge in [0.05, 0.1) is 23.8 Å². The smallest absolute Gasteiger partial charge is 0.219 e. The number of nitrogens with zero attached hydrogens (tertiary/aromatic N) is 2. The Bertz CT molecular complexity index is 1090. The number of carbonyl (C=O) groups excluding carboxylic acids is 1. The van der Waals surface area contributed by atoms with E-state index in [4.69, 9.17) is 14.7 Å². The first-order valence-corrected chi connectivity index (χ1v) is 9.53. The van der Waals surface area contributed by atoms with Gasteiger partial charge in [0.25, 0.3) is 0 Å². The molecule has 2 aromatic carbocycles. The van der Waals surface area contributed by atoms with Crippen LogP contribution in [0.15, 0.2) is 59.2 Å². The van der Waals surface area contributed by atoms with Crippen LogP contribution < -0.4 is 9.47 Å². The van der Waals surface area contributed by atoms with E-state index < -0.39 is 0 Å². The van der Waals surface area contributed by atoms with E-state index in [1.165, 1.54) is 0 Å². The second-order valence-corrected chi connectivity index (χ2v) is 7.16. The molecule has 0 N–H and O–H groups in total. The first-order valence-electron chi connectivity index (χ1n) is 8.74. The van der Waals surface area contributed by atoms with Crippen LogP contribution >= 0.6 is 15.9 Å². The molecule has 0 saturated heterocycles. The molecule has 0 atom stereocenters. The number of aromatic nitrogens is 1. The number of fused-ring (bicyclic) bond motifs is 1. The fourth-order valence-electron chi connectivity index (χ4n) is 3.02. The van der Waals surface area contributed by atoms with E-state index in [9.17, 15) is 4.79 Å². The molecule has 4 rings (SSSR count). The number of ether oxygens (including phenoxy) is 2. The fourth-order valence-corrected chi connectivity index (χ4v) is 3.56. The molecule has 5 nitrogen and oxygen atoms in total. The molecule has 0 radical (unpaired) electrons. The van der Waals surface area contributed by atoms with Crippen molar-refractivity contribution in [2.24, 2.45) is 0 Å². The second kappa shape index (κ2) is 7.83. The lowest BCUT2D eigenvalue weighted by Gasteiger charge is -2.19. The molecule has 0 amide bonds. The van der Waals surface area contributed by atoms with Gasteiger partial charge < -0.3 is 9.47 Å². The van der Waals surface area contributed by atoms with Gasteiger partial charge in [-0.3, -0.25) is 4.79 Å². The Morgan fingerprint density at radius 2 is 1.96 bits per heavy atom. The van der Waals surface area contributed by atoms with Gasteiger partial charge in [-0.05, 0) is 63.8 Å². The normalized spacial score (nSPS) is 12.6. The zero-order valence-electron chi connectivity index (χ0n) is 14.8. The van der Waals surface area contributed by atoms with Crippen LogP contribution in [0, 0.1) is 11.3 Å². The molecule has 1 aromatic heterocycles. The number of hydrogen-bond donors (Lipinski definition) is 0. The van der Waals surface area contributed by atoms with Crippen LogP contribution in [0.5, 0.6) is 17.4 Å². The average Bonchev–Trinajstić information content (AvgIpc) is 2.71. The summed E-state index contributed by atoms with van der Waals surface area (Å²) in [6, 6.07) is 16.9. The van der Waals surface area contributed by atoms with Crippen LogP contribution in [-0.2, 0) is 6.42 Å². The van der Waals surface area contributed by atoms with Crippen LogP contribution in [0.25, 0.3) is 0 Å². The highest BCUT2D eigenvalue weighted by molar-refractivity contribution is 9.10. The number of pyridine rings is 1. The van der Waals surface area contributed by atoms with Crippen LogP contribution in [0.1, 0.15) is 33.5 Å². The van der Waals surface area contributed by atoms with Crippen molar-refractivity contribution in [3.05, 3.63) is 81.5 Å². The molecule has 138 valence electrons. The van der Waals surface area contributed by atoms with Gasteiger partial charge in [-0.1, -0.05) is 12.1 Å². The van der Waals surface area contributed by atoms with Gasteiger partial charge in [-0.25, -0.2) is 4.98 Å². The Labute approximate surface area is 170 Å². The number of carbonyl (C=O) groups is 1. The number of Topliss-reactive ketones (excluding diaryl/α,β-unsaturated/α-hetero) is 1. The first kappa shape index (κ1) is 18.2. The lowest BCUT2D eigenvalue weighted by atomic mass is 10.0. The van der Waals surface area contributed by atoms with Crippen molar-refractivity contribution in [3.63, 3.8) is 0 Å². The summed E-state index contributed by atoms with van der Waals surface area (Å²) in [6.07, 6.45) is 2.78. The van der Waals surface area contributed by atoms with Crippen molar-refractivity contribution in [3.8, 4) is 23.4 Å². The summed E-state index contributed by atoms with van der Waals surface area (Å²) < 4.78 is 12.2. The van der Waals surface area contributed by atoms with Crippen molar-refractivity contribution in [2.45, 2.75) is 12.8 Å². The largest absolute Gasteiger partial charge is 0.491 e. The predicted molar refractivity (Wildman–Crippen MR) is 107 cm³/mol. The van der Waals surface area contributed by atoms with Gasteiger partial charge in [0.2, 0.25) is 5.88 Å². The van der Waals surface area contributed by atoms with Gasteiger partial charge in [0.1, 0.15) is 16.0 Å². The van der Waals surface area contributed by atoms with E-state index in [1.807, 2.05) is 24.3 Å². The summed E-state index contributed by atoms with van der Waals surface area (Å²) in [4.78, 5) is 16.3. The van der Waals surface area contributed by atoms with E-state index in [0.29, 0.717) is 52.4 Å². The SMILES string of the molecule is N#Cc1ccc(Cc2ccnc(Oc3ccc4c(c3Br)OCCC4=O)c2)cc1. The topological polar surface area (TPSA) is 72.2 Å². The second-order valence-electron chi connectivity index (χ2n) is 6.37. The Morgan fingerprint density at radius 1 is 1.14 bits per heavy atom. The van der Waals surface area contributed by atoms with Gasteiger partial charge in [0.15, 0.2) is 5.78 Å². The zero-order chi connectivity index (χ0) is 19.5. The van der Waals surface area contributed by atoms with Gasteiger partial charge >= 0.3 is 0 Å². The Morgan fingerprint density at radius 3 is 2.75 bits per heavy atom. The summed E-state index contributed by atoms with van der Waals surface area (Å²) in [7, 11) is 0. The monoisotopic (exact) mass is 434 g/mol. The highest BCUT2D eigenvalue weighted by atomic mass is 79.9. The quantitative estimate of drug-likeness (QED) is 0.573. The average molecular weight is 435 g/mol. The fraction of sp³-hybridized carbons (Fsp3) is 0.136. The number of halogens is 1. The van der Waals surface area contributed by atoms with Crippen molar-refractivity contribution in [1.29, 1.82) is 5.26 Å². The summed E-state index contributed by atoms with van der Waals surface area (Å²) in [5.41, 5.74) is 3.33. The number of benzene rings is 2. The van der Waals surface area contributed by atoms with Crippen molar-refractivity contribution < 1.29 is 14.3 Å². The summed E-state index contributed by atoms with van der Waals surface area (Å²) >= 11 is 3.48. The predicted octanol–water partition coefficient (Wildman–Crippen LogP) is 5.06. The number of hydrogen-bond acceptors (Lipinski definition) is 5. The van der Waals surface area contributed by atoms with Gasteiger partial charge in [-0.15, -0.1) is 0 Å². The van der Waals surface area contributed by atoms with Crippen LogP contribution in [0.4, 0.5) is 0 Å². The number of rotatable bonds is 4. The third kappa shape index (κ3) is 3.75. The summed E-state index contributed by atoms with van der Waals surface area (Å²) in [5.74, 6) is 1.57. The van der Waals surface area contributed by atoms with Gasteiger partial charge in [0, 0.05) is 18.7 Å². The molecule has 28 heavy (non-hydrogen) atoms. The molecular formula is C22H15BrN2O3. The van der Waals surface area contributed by atoms with Crippen LogP contribution in [-0.4, -0.2) is 17.4 Å². The molecule has 0 bridgehead atoms. The Hall–Kier alpha value is -3.17. The maximum Gasteiger partial charge on any atom is 0.219 e. The van der Waals surface area contributed by atoms with E-state index in [1.54, 1.807) is 30.5 Å². The minimum atomic E-state index is 0.0658.